The van der Waals surface area contributed by atoms with Gasteiger partial charge in [0.25, 0.3) is 0 Å². The second-order valence-corrected chi connectivity index (χ2v) is 4.27. The first-order valence-corrected chi connectivity index (χ1v) is 4.83. The molecule has 0 aliphatic carbocycles. The van der Waals surface area contributed by atoms with Crippen molar-refractivity contribution in [2.24, 2.45) is 0 Å². The van der Waals surface area contributed by atoms with Crippen molar-refractivity contribution in [3.63, 3.8) is 0 Å². The van der Waals surface area contributed by atoms with Gasteiger partial charge in [-0.15, -0.1) is 11.3 Å². The highest BCUT2D eigenvalue weighted by Gasteiger charge is 2.34. The molecule has 0 radical (unpaired) electrons. The Kier molecular flexibility index (Phi) is 2.18. The molecule has 80 valence electrons. The van der Waals surface area contributed by atoms with Gasteiger partial charge in [-0.1, -0.05) is 0 Å². The van der Waals surface area contributed by atoms with Crippen LogP contribution in [-0.2, 0) is 6.18 Å². The highest BCUT2D eigenvalue weighted by Crippen LogP contribution is 2.35. The number of nitrogens with zero attached hydrogens (tertiary/aromatic N) is 1. The Morgan fingerprint density at radius 1 is 1.27 bits per heavy atom. The molecule has 0 N–H and O–H groups in total. The van der Waals surface area contributed by atoms with Crippen LogP contribution in [0.25, 0.3) is 10.2 Å². The van der Waals surface area contributed by atoms with Crippen molar-refractivity contribution in [1.29, 1.82) is 0 Å². The lowest BCUT2D eigenvalue weighted by Gasteiger charge is -2.06. The highest BCUT2D eigenvalue weighted by atomic mass is 32.1. The summed E-state index contributed by atoms with van der Waals surface area (Å²) in [7, 11) is 0. The third-order valence-electron chi connectivity index (χ3n) is 1.89. The van der Waals surface area contributed by atoms with Gasteiger partial charge in [-0.3, -0.25) is 0 Å². The molecule has 2 rings (SSSR count). The molecule has 0 bridgehead atoms. The highest BCUT2D eigenvalue weighted by molar-refractivity contribution is 7.18. The maximum absolute atomic E-state index is 13.1. The minimum absolute atomic E-state index is 0.267. The number of aryl methyl sites for hydroxylation is 1. The van der Waals surface area contributed by atoms with Gasteiger partial charge in [0.05, 0.1) is 20.8 Å². The number of hydrogen-bond acceptors (Lipinski definition) is 2. The lowest BCUT2D eigenvalue weighted by Crippen LogP contribution is -2.07. The fourth-order valence-electron chi connectivity index (χ4n) is 1.28. The third-order valence-corrected chi connectivity index (χ3v) is 2.82. The number of benzene rings is 1. The first-order valence-electron chi connectivity index (χ1n) is 4.02. The van der Waals surface area contributed by atoms with Crippen molar-refractivity contribution in [3.8, 4) is 0 Å². The van der Waals surface area contributed by atoms with Gasteiger partial charge in [0.15, 0.2) is 0 Å². The van der Waals surface area contributed by atoms with Crippen molar-refractivity contribution >= 4 is 21.6 Å². The van der Waals surface area contributed by atoms with E-state index in [4.69, 9.17) is 0 Å². The van der Waals surface area contributed by atoms with Crippen molar-refractivity contribution in [3.05, 3.63) is 28.5 Å². The van der Waals surface area contributed by atoms with Crippen molar-refractivity contribution in [1.82, 2.24) is 4.98 Å². The van der Waals surface area contributed by atoms with E-state index in [2.05, 4.69) is 4.98 Å². The van der Waals surface area contributed by atoms with E-state index in [1.54, 1.807) is 6.92 Å². The van der Waals surface area contributed by atoms with Gasteiger partial charge in [0.1, 0.15) is 5.82 Å². The van der Waals surface area contributed by atoms with Crippen LogP contribution < -0.4 is 0 Å². The molecule has 0 fully saturated rings. The van der Waals surface area contributed by atoms with Gasteiger partial charge < -0.3 is 0 Å². The Morgan fingerprint density at radius 3 is 2.53 bits per heavy atom. The van der Waals surface area contributed by atoms with E-state index in [0.717, 1.165) is 23.5 Å². The summed E-state index contributed by atoms with van der Waals surface area (Å²) < 4.78 is 50.4. The normalized spacial score (nSPS) is 12.3. The molecule has 0 saturated carbocycles. The second-order valence-electron chi connectivity index (χ2n) is 3.03. The van der Waals surface area contributed by atoms with Gasteiger partial charge in [-0.2, -0.15) is 13.2 Å². The Bertz CT molecular complexity index is 515. The summed E-state index contributed by atoms with van der Waals surface area (Å²) >= 11 is 1.11. The SMILES string of the molecule is Cc1nc2cc(F)c(C(F)(F)F)cc2s1. The monoisotopic (exact) mass is 235 g/mol. The van der Waals surface area contributed by atoms with E-state index < -0.39 is 17.6 Å². The molecule has 6 heteroatoms. The van der Waals surface area contributed by atoms with E-state index in [-0.39, 0.29) is 5.52 Å². The lowest BCUT2D eigenvalue weighted by atomic mass is 10.2. The second kappa shape index (κ2) is 3.16. The van der Waals surface area contributed by atoms with Gasteiger partial charge in [-0.25, -0.2) is 9.37 Å². The number of aromatic nitrogens is 1. The summed E-state index contributed by atoms with van der Waals surface area (Å²) in [5, 5.41) is 0.615. The van der Waals surface area contributed by atoms with Gasteiger partial charge in [0.2, 0.25) is 0 Å². The van der Waals surface area contributed by atoms with Crippen LogP contribution in [0.15, 0.2) is 12.1 Å². The predicted octanol–water partition coefficient (Wildman–Crippen LogP) is 3.76. The minimum atomic E-state index is -4.66. The lowest BCUT2D eigenvalue weighted by molar-refractivity contribution is -0.139. The molecule has 2 aromatic rings. The van der Waals surface area contributed by atoms with Crippen LogP contribution in [0.4, 0.5) is 17.6 Å². The number of halogens is 4. The van der Waals surface area contributed by atoms with E-state index in [9.17, 15) is 17.6 Å². The average Bonchev–Trinajstić information content (AvgIpc) is 2.40. The van der Waals surface area contributed by atoms with Gasteiger partial charge >= 0.3 is 6.18 Å². The largest absolute Gasteiger partial charge is 0.419 e. The predicted molar refractivity (Wildman–Crippen MR) is 49.3 cm³/mol. The summed E-state index contributed by atoms with van der Waals surface area (Å²) in [6.45, 7) is 1.66. The van der Waals surface area contributed by atoms with Crippen molar-refractivity contribution in [2.45, 2.75) is 13.1 Å². The molecule has 0 unspecified atom stereocenters. The summed E-state index contributed by atoms with van der Waals surface area (Å²) in [5.41, 5.74) is -0.971. The van der Waals surface area contributed by atoms with Gasteiger partial charge in [-0.05, 0) is 13.0 Å². The fourth-order valence-corrected chi connectivity index (χ4v) is 2.13. The molecule has 1 nitrogen and oxygen atoms in total. The Balaban J connectivity index is 2.72. The molecular formula is C9H5F4NS. The Labute approximate surface area is 86.4 Å². The summed E-state index contributed by atoms with van der Waals surface area (Å²) in [5.74, 6) is -1.28. The number of alkyl halides is 3. The summed E-state index contributed by atoms with van der Waals surface area (Å²) in [4.78, 5) is 3.91. The molecule has 0 aliphatic heterocycles. The molecule has 15 heavy (non-hydrogen) atoms. The molecule has 1 aromatic carbocycles. The van der Waals surface area contributed by atoms with E-state index in [0.29, 0.717) is 9.71 Å². The standard InChI is InChI=1S/C9H5F4NS/c1-4-14-7-3-6(10)5(9(11,12)13)2-8(7)15-4/h2-3H,1H3. The van der Waals surface area contributed by atoms with Crippen molar-refractivity contribution < 1.29 is 17.6 Å². The number of hydrogen-bond donors (Lipinski definition) is 0. The van der Waals surface area contributed by atoms with Crippen LogP contribution in [0.3, 0.4) is 0 Å². The fraction of sp³-hybridized carbons (Fsp3) is 0.222. The quantitative estimate of drug-likeness (QED) is 0.633. The maximum atomic E-state index is 13.1. The molecule has 0 spiro atoms. The summed E-state index contributed by atoms with van der Waals surface area (Å²) in [6, 6.07) is 1.62. The minimum Gasteiger partial charge on any atom is -0.241 e. The van der Waals surface area contributed by atoms with Crippen molar-refractivity contribution in [2.75, 3.05) is 0 Å². The third kappa shape index (κ3) is 1.81. The number of rotatable bonds is 0. The molecule has 0 atom stereocenters. The zero-order valence-electron chi connectivity index (χ0n) is 7.52. The van der Waals surface area contributed by atoms with Crippen LogP contribution in [-0.4, -0.2) is 4.98 Å². The molecular weight excluding hydrogens is 230 g/mol. The van der Waals surface area contributed by atoms with E-state index in [1.165, 1.54) is 0 Å². The van der Waals surface area contributed by atoms with Crippen LogP contribution in [0.5, 0.6) is 0 Å². The van der Waals surface area contributed by atoms with Crippen LogP contribution in [0.1, 0.15) is 10.6 Å². The van der Waals surface area contributed by atoms with Crippen LogP contribution in [0.2, 0.25) is 0 Å². The summed E-state index contributed by atoms with van der Waals surface area (Å²) in [6.07, 6.45) is -4.66. The Hall–Kier alpha value is -1.17. The average molecular weight is 235 g/mol. The van der Waals surface area contributed by atoms with Crippen LogP contribution in [0, 0.1) is 12.7 Å². The maximum Gasteiger partial charge on any atom is 0.419 e. The molecule has 0 aliphatic rings. The smallest absolute Gasteiger partial charge is 0.241 e. The molecule has 1 heterocycles. The first kappa shape index (κ1) is 10.4. The zero-order valence-corrected chi connectivity index (χ0v) is 8.34. The van der Waals surface area contributed by atoms with Gasteiger partial charge in [0, 0.05) is 6.07 Å². The molecule has 0 saturated heterocycles. The van der Waals surface area contributed by atoms with E-state index in [1.807, 2.05) is 0 Å². The number of fused-ring (bicyclic) bond motifs is 1. The van der Waals surface area contributed by atoms with E-state index >= 15 is 0 Å². The number of thiazole rings is 1. The Morgan fingerprint density at radius 2 is 1.93 bits per heavy atom. The topological polar surface area (TPSA) is 12.9 Å². The van der Waals surface area contributed by atoms with Crippen LogP contribution >= 0.6 is 11.3 Å². The zero-order chi connectivity index (χ0) is 11.2. The first-order chi connectivity index (χ1) is 6.88. The molecule has 1 aromatic heterocycles. The molecule has 0 amide bonds.